The molecule has 0 saturated carbocycles. The van der Waals surface area contributed by atoms with Crippen molar-refractivity contribution in [2.45, 2.75) is 6.18 Å². The molecule has 0 aliphatic heterocycles. The van der Waals surface area contributed by atoms with Crippen molar-refractivity contribution in [3.63, 3.8) is 0 Å². The highest BCUT2D eigenvalue weighted by atomic mass is 35.5. The summed E-state index contributed by atoms with van der Waals surface area (Å²) in [6.45, 7) is -0.184. The van der Waals surface area contributed by atoms with E-state index in [0.29, 0.717) is 5.75 Å². The predicted molar refractivity (Wildman–Crippen MR) is 101 cm³/mol. The van der Waals surface area contributed by atoms with Gasteiger partial charge in [-0.2, -0.15) is 13.2 Å². The zero-order chi connectivity index (χ0) is 19.4. The van der Waals surface area contributed by atoms with Crippen LogP contribution in [0.3, 0.4) is 0 Å². The highest BCUT2D eigenvalue weighted by molar-refractivity contribution is 6.55. The minimum absolute atomic E-state index is 0.0517. The maximum absolute atomic E-state index is 13.4. The lowest BCUT2D eigenvalue weighted by atomic mass is 10.1. The Hall–Kier alpha value is -2.37. The third-order valence-corrected chi connectivity index (χ3v) is 4.00. The summed E-state index contributed by atoms with van der Waals surface area (Å²) in [5, 5.41) is 1.94. The SMILES string of the molecule is FC(F)(F)c1cc(Oc2ccc3ccccc3c2)ccc1OCC=C(Cl)Cl. The zero-order valence-electron chi connectivity index (χ0n) is 13.8. The third-order valence-electron chi connectivity index (χ3n) is 3.69. The highest BCUT2D eigenvalue weighted by Crippen LogP contribution is 2.39. The summed E-state index contributed by atoms with van der Waals surface area (Å²) in [5.74, 6) is 0.155. The third kappa shape index (κ3) is 5.08. The molecule has 7 heteroatoms. The van der Waals surface area contributed by atoms with Crippen LogP contribution in [-0.4, -0.2) is 6.61 Å². The molecule has 0 aliphatic rings. The van der Waals surface area contributed by atoms with E-state index >= 15 is 0 Å². The first-order valence-electron chi connectivity index (χ1n) is 7.85. The Morgan fingerprint density at radius 1 is 0.889 bits per heavy atom. The molecular formula is C20H13Cl2F3O2. The van der Waals surface area contributed by atoms with Crippen LogP contribution < -0.4 is 9.47 Å². The molecule has 0 heterocycles. The molecule has 3 rings (SSSR count). The number of alkyl halides is 3. The molecule has 0 radical (unpaired) electrons. The van der Waals surface area contributed by atoms with Gasteiger partial charge in [-0.25, -0.2) is 0 Å². The van der Waals surface area contributed by atoms with Gasteiger partial charge < -0.3 is 9.47 Å². The quantitative estimate of drug-likeness (QED) is 0.436. The van der Waals surface area contributed by atoms with E-state index in [0.717, 1.165) is 16.8 Å². The maximum Gasteiger partial charge on any atom is 0.420 e. The topological polar surface area (TPSA) is 18.5 Å². The molecule has 0 atom stereocenters. The summed E-state index contributed by atoms with van der Waals surface area (Å²) >= 11 is 10.9. The molecule has 0 unspecified atom stereocenters. The lowest BCUT2D eigenvalue weighted by Gasteiger charge is -2.15. The van der Waals surface area contributed by atoms with Gasteiger partial charge in [0.2, 0.25) is 0 Å². The van der Waals surface area contributed by atoms with E-state index in [4.69, 9.17) is 32.7 Å². The molecule has 2 nitrogen and oxygen atoms in total. The van der Waals surface area contributed by atoms with Crippen LogP contribution in [0.5, 0.6) is 17.2 Å². The van der Waals surface area contributed by atoms with Crippen LogP contribution in [-0.2, 0) is 6.18 Å². The smallest absolute Gasteiger partial charge is 0.420 e. The van der Waals surface area contributed by atoms with Crippen molar-refractivity contribution in [1.29, 1.82) is 0 Å². The van der Waals surface area contributed by atoms with E-state index < -0.39 is 11.7 Å². The van der Waals surface area contributed by atoms with Crippen LogP contribution in [0, 0.1) is 0 Å². The largest absolute Gasteiger partial charge is 0.489 e. The predicted octanol–water partition coefficient (Wildman–Crippen LogP) is 7.35. The number of halogens is 5. The molecule has 0 amide bonds. The van der Waals surface area contributed by atoms with E-state index in [1.807, 2.05) is 30.3 Å². The van der Waals surface area contributed by atoms with Gasteiger partial charge in [0, 0.05) is 0 Å². The summed E-state index contributed by atoms with van der Waals surface area (Å²) in [5.41, 5.74) is -0.945. The first kappa shape index (κ1) is 19.4. The zero-order valence-corrected chi connectivity index (χ0v) is 15.3. The van der Waals surface area contributed by atoms with Gasteiger partial charge in [-0.15, -0.1) is 0 Å². The standard InChI is InChI=1S/C20H13Cl2F3O2/c21-19(22)9-10-26-18-8-7-16(12-17(18)20(23,24)25)27-15-6-5-13-3-1-2-4-14(13)11-15/h1-9,11-12H,10H2. The van der Waals surface area contributed by atoms with E-state index in [2.05, 4.69) is 0 Å². The van der Waals surface area contributed by atoms with E-state index in [9.17, 15) is 13.2 Å². The van der Waals surface area contributed by atoms with Crippen LogP contribution in [0.1, 0.15) is 5.56 Å². The van der Waals surface area contributed by atoms with E-state index in [1.165, 1.54) is 18.2 Å². The minimum Gasteiger partial charge on any atom is -0.489 e. The number of hydrogen-bond donors (Lipinski definition) is 0. The summed E-state index contributed by atoms with van der Waals surface area (Å²) in [6.07, 6.45) is -3.35. The Labute approximate surface area is 163 Å². The normalized spacial score (nSPS) is 11.3. The summed E-state index contributed by atoms with van der Waals surface area (Å²) in [6, 6.07) is 16.4. The monoisotopic (exact) mass is 412 g/mol. The van der Waals surface area contributed by atoms with E-state index in [1.54, 1.807) is 12.1 Å². The van der Waals surface area contributed by atoms with Crippen LogP contribution in [0.2, 0.25) is 0 Å². The van der Waals surface area contributed by atoms with Crippen LogP contribution in [0.25, 0.3) is 10.8 Å². The Morgan fingerprint density at radius 3 is 2.26 bits per heavy atom. The molecule has 27 heavy (non-hydrogen) atoms. The van der Waals surface area contributed by atoms with Crippen molar-refractivity contribution in [3.8, 4) is 17.2 Å². The summed E-state index contributed by atoms with van der Waals surface area (Å²) in [4.78, 5) is 0. The van der Waals surface area contributed by atoms with E-state index in [-0.39, 0.29) is 22.6 Å². The molecule has 140 valence electrons. The second kappa shape index (κ2) is 8.11. The average Bonchev–Trinajstić information content (AvgIpc) is 2.61. The molecule has 3 aromatic rings. The van der Waals surface area contributed by atoms with Crippen molar-refractivity contribution in [2.24, 2.45) is 0 Å². The van der Waals surface area contributed by atoms with Gasteiger partial charge in [-0.3, -0.25) is 0 Å². The Balaban J connectivity index is 1.87. The summed E-state index contributed by atoms with van der Waals surface area (Å²) < 4.78 is 50.7. The van der Waals surface area contributed by atoms with Gasteiger partial charge in [-0.1, -0.05) is 53.5 Å². The fraction of sp³-hybridized carbons (Fsp3) is 0.100. The van der Waals surface area contributed by atoms with Crippen LogP contribution in [0.15, 0.2) is 71.2 Å². The number of fused-ring (bicyclic) bond motifs is 1. The van der Waals surface area contributed by atoms with Gasteiger partial charge in [0.15, 0.2) is 0 Å². The number of rotatable bonds is 5. The Kier molecular flexibility index (Phi) is 5.82. The lowest BCUT2D eigenvalue weighted by molar-refractivity contribution is -0.138. The van der Waals surface area contributed by atoms with Crippen LogP contribution in [0.4, 0.5) is 13.2 Å². The van der Waals surface area contributed by atoms with Gasteiger partial charge in [0.05, 0.1) is 0 Å². The van der Waals surface area contributed by atoms with Crippen molar-refractivity contribution >= 4 is 34.0 Å². The Morgan fingerprint density at radius 2 is 1.56 bits per heavy atom. The number of ether oxygens (including phenoxy) is 2. The number of benzene rings is 3. The molecule has 0 bridgehead atoms. The number of hydrogen-bond acceptors (Lipinski definition) is 2. The second-order valence-electron chi connectivity index (χ2n) is 5.57. The first-order chi connectivity index (χ1) is 12.8. The maximum atomic E-state index is 13.4. The van der Waals surface area contributed by atoms with Crippen molar-refractivity contribution in [3.05, 3.63) is 76.8 Å². The molecule has 0 aromatic heterocycles. The molecule has 0 aliphatic carbocycles. The van der Waals surface area contributed by atoms with Crippen molar-refractivity contribution in [2.75, 3.05) is 6.61 Å². The molecule has 3 aromatic carbocycles. The average molecular weight is 413 g/mol. The van der Waals surface area contributed by atoms with Gasteiger partial charge in [-0.05, 0) is 47.2 Å². The molecule has 0 spiro atoms. The molecule has 0 N–H and O–H groups in total. The first-order valence-corrected chi connectivity index (χ1v) is 8.60. The lowest BCUT2D eigenvalue weighted by Crippen LogP contribution is -2.09. The molecular weight excluding hydrogens is 400 g/mol. The van der Waals surface area contributed by atoms with Crippen molar-refractivity contribution in [1.82, 2.24) is 0 Å². The van der Waals surface area contributed by atoms with Gasteiger partial charge in [0.1, 0.15) is 33.9 Å². The van der Waals surface area contributed by atoms with Gasteiger partial charge in [0.25, 0.3) is 0 Å². The summed E-state index contributed by atoms with van der Waals surface area (Å²) in [7, 11) is 0. The fourth-order valence-electron chi connectivity index (χ4n) is 2.48. The van der Waals surface area contributed by atoms with Crippen molar-refractivity contribution < 1.29 is 22.6 Å². The van der Waals surface area contributed by atoms with Crippen LogP contribution >= 0.6 is 23.2 Å². The van der Waals surface area contributed by atoms with Gasteiger partial charge >= 0.3 is 6.18 Å². The molecule has 0 fully saturated rings. The molecule has 0 saturated heterocycles. The Bertz CT molecular complexity index is 980. The highest BCUT2D eigenvalue weighted by Gasteiger charge is 2.35. The second-order valence-corrected chi connectivity index (χ2v) is 6.58. The fourth-order valence-corrected chi connectivity index (χ4v) is 2.61. The minimum atomic E-state index is -4.60.